The molecule has 0 bridgehead atoms. The molecule has 1 saturated heterocycles. The first-order valence-electron chi connectivity index (χ1n) is 8.08. The molecule has 3 aliphatic rings. The fraction of sp³-hybridized carbons (Fsp3) is 0.500. The number of carbonyl (C=O) groups excluding carboxylic acids is 1. The maximum absolute atomic E-state index is 12.7. The monoisotopic (exact) mass is 332 g/mol. The van der Waals surface area contributed by atoms with E-state index in [0.29, 0.717) is 26.1 Å². The molecule has 122 valence electrons. The molecule has 2 fully saturated rings. The van der Waals surface area contributed by atoms with Crippen LogP contribution in [-0.4, -0.2) is 41.2 Å². The highest BCUT2D eigenvalue weighted by Gasteiger charge is 2.60. The van der Waals surface area contributed by atoms with Crippen LogP contribution in [0.3, 0.4) is 0 Å². The van der Waals surface area contributed by atoms with E-state index in [1.165, 1.54) is 0 Å². The van der Waals surface area contributed by atoms with Crippen molar-refractivity contribution in [1.29, 1.82) is 0 Å². The van der Waals surface area contributed by atoms with Crippen molar-refractivity contribution < 1.29 is 19.4 Å². The molecular formula is C18H20O4S. The highest BCUT2D eigenvalue weighted by molar-refractivity contribution is 8.00. The number of fused-ring (bicyclic) bond motifs is 2. The molecule has 0 unspecified atom stereocenters. The fourth-order valence-electron chi connectivity index (χ4n) is 4.03. The van der Waals surface area contributed by atoms with Gasteiger partial charge in [0, 0.05) is 17.2 Å². The number of hydrogen-bond donors (Lipinski definition) is 1. The third kappa shape index (κ3) is 2.56. The van der Waals surface area contributed by atoms with E-state index in [4.69, 9.17) is 9.47 Å². The molecule has 2 aliphatic carbocycles. The van der Waals surface area contributed by atoms with E-state index in [1.807, 2.05) is 36.4 Å². The van der Waals surface area contributed by atoms with Gasteiger partial charge >= 0.3 is 0 Å². The summed E-state index contributed by atoms with van der Waals surface area (Å²) in [6.07, 6.45) is 4.02. The van der Waals surface area contributed by atoms with Crippen LogP contribution in [0.5, 0.6) is 0 Å². The van der Waals surface area contributed by atoms with Crippen LogP contribution in [0, 0.1) is 11.8 Å². The normalized spacial score (nSPS) is 35.4. The van der Waals surface area contributed by atoms with Gasteiger partial charge in [0.2, 0.25) is 0 Å². The standard InChI is InChI=1S/C18H20O4S/c19-14-8-4-7-13-17(14)15(20)11-16(18(13)21-9-10-22-18)23-12-5-2-1-3-6-12/h1-6,8,13-14,16-17,19H,7,9-11H2/t13-,14+,16-,17-/m0/s1. The zero-order chi connectivity index (χ0) is 15.9. The number of benzene rings is 1. The number of Topliss-reactive ketones (excluding diaryl/α,β-unsaturated/α-hetero) is 1. The number of aliphatic hydroxyl groups excluding tert-OH is 1. The summed E-state index contributed by atoms with van der Waals surface area (Å²) < 4.78 is 12.2. The van der Waals surface area contributed by atoms with Gasteiger partial charge in [-0.2, -0.15) is 0 Å². The lowest BCUT2D eigenvalue weighted by Gasteiger charge is -2.49. The molecule has 0 amide bonds. The summed E-state index contributed by atoms with van der Waals surface area (Å²) in [5.74, 6) is -1.19. The Balaban J connectivity index is 1.69. The van der Waals surface area contributed by atoms with Crippen LogP contribution >= 0.6 is 11.8 Å². The molecule has 1 aliphatic heterocycles. The lowest BCUT2D eigenvalue weighted by Crippen LogP contribution is -2.60. The number of aliphatic hydroxyl groups is 1. The summed E-state index contributed by atoms with van der Waals surface area (Å²) in [6, 6.07) is 10.0. The van der Waals surface area contributed by atoms with Crippen LogP contribution in [0.1, 0.15) is 12.8 Å². The van der Waals surface area contributed by atoms with Crippen molar-refractivity contribution in [2.75, 3.05) is 13.2 Å². The Hall–Kier alpha value is -1.14. The third-order valence-corrected chi connectivity index (χ3v) is 6.33. The van der Waals surface area contributed by atoms with Gasteiger partial charge in [0.15, 0.2) is 5.79 Å². The second-order valence-electron chi connectivity index (χ2n) is 6.30. The van der Waals surface area contributed by atoms with Crippen molar-refractivity contribution in [2.45, 2.75) is 34.9 Å². The number of ether oxygens (including phenoxy) is 2. The molecular weight excluding hydrogens is 312 g/mol. The zero-order valence-electron chi connectivity index (χ0n) is 12.8. The first-order valence-corrected chi connectivity index (χ1v) is 8.96. The second-order valence-corrected chi connectivity index (χ2v) is 7.57. The van der Waals surface area contributed by atoms with Crippen molar-refractivity contribution in [3.8, 4) is 0 Å². The van der Waals surface area contributed by atoms with Gasteiger partial charge in [-0.3, -0.25) is 4.79 Å². The molecule has 4 nitrogen and oxygen atoms in total. The number of hydrogen-bond acceptors (Lipinski definition) is 5. The predicted molar refractivity (Wildman–Crippen MR) is 87.1 cm³/mol. The predicted octanol–water partition coefficient (Wildman–Crippen LogP) is 2.42. The molecule has 1 saturated carbocycles. The zero-order valence-corrected chi connectivity index (χ0v) is 13.6. The molecule has 1 aromatic rings. The summed E-state index contributed by atoms with van der Waals surface area (Å²) >= 11 is 1.64. The minimum atomic E-state index is -0.773. The largest absolute Gasteiger partial charge is 0.388 e. The Kier molecular flexibility index (Phi) is 4.05. The smallest absolute Gasteiger partial charge is 0.185 e. The van der Waals surface area contributed by atoms with E-state index >= 15 is 0 Å². The number of thioether (sulfide) groups is 1. The average Bonchev–Trinajstić information content (AvgIpc) is 3.04. The Morgan fingerprint density at radius 3 is 2.65 bits per heavy atom. The fourth-order valence-corrected chi connectivity index (χ4v) is 5.39. The van der Waals surface area contributed by atoms with Crippen molar-refractivity contribution in [3.05, 3.63) is 42.5 Å². The molecule has 0 radical (unpaired) electrons. The molecule has 1 heterocycles. The van der Waals surface area contributed by atoms with Gasteiger partial charge in [-0.25, -0.2) is 0 Å². The van der Waals surface area contributed by atoms with Crippen LogP contribution < -0.4 is 0 Å². The van der Waals surface area contributed by atoms with Gasteiger partial charge in [-0.1, -0.05) is 30.4 Å². The topological polar surface area (TPSA) is 55.8 Å². The maximum Gasteiger partial charge on any atom is 0.185 e. The van der Waals surface area contributed by atoms with Gasteiger partial charge in [-0.15, -0.1) is 11.8 Å². The highest BCUT2D eigenvalue weighted by Crippen LogP contribution is 2.52. The number of carbonyl (C=O) groups is 1. The molecule has 1 N–H and O–H groups in total. The van der Waals surface area contributed by atoms with Gasteiger partial charge in [0.25, 0.3) is 0 Å². The average molecular weight is 332 g/mol. The van der Waals surface area contributed by atoms with E-state index in [1.54, 1.807) is 17.8 Å². The van der Waals surface area contributed by atoms with Crippen LogP contribution in [0.25, 0.3) is 0 Å². The minimum Gasteiger partial charge on any atom is -0.388 e. The van der Waals surface area contributed by atoms with E-state index in [-0.39, 0.29) is 17.0 Å². The van der Waals surface area contributed by atoms with Crippen LogP contribution in [0.15, 0.2) is 47.4 Å². The Morgan fingerprint density at radius 1 is 1.17 bits per heavy atom. The Labute approximate surface area is 139 Å². The van der Waals surface area contributed by atoms with Crippen molar-refractivity contribution in [2.24, 2.45) is 11.8 Å². The summed E-state index contributed by atoms with van der Waals surface area (Å²) in [6.45, 7) is 1.09. The number of rotatable bonds is 2. The van der Waals surface area contributed by atoms with Crippen molar-refractivity contribution in [3.63, 3.8) is 0 Å². The number of allylic oxidation sites excluding steroid dienone is 1. The van der Waals surface area contributed by atoms with E-state index in [0.717, 1.165) is 4.90 Å². The Morgan fingerprint density at radius 2 is 1.91 bits per heavy atom. The van der Waals surface area contributed by atoms with Gasteiger partial charge in [0.05, 0.1) is 30.5 Å². The first-order chi connectivity index (χ1) is 11.2. The van der Waals surface area contributed by atoms with E-state index in [9.17, 15) is 9.90 Å². The SMILES string of the molecule is O=C1C[C@H](Sc2ccccc2)C2(OCCO2)[C@H]2CC=C[C@@H](O)[C@@H]12. The Bertz CT molecular complexity index is 609. The molecule has 0 aromatic heterocycles. The molecule has 23 heavy (non-hydrogen) atoms. The summed E-state index contributed by atoms with van der Waals surface area (Å²) in [5.41, 5.74) is 0. The summed E-state index contributed by atoms with van der Waals surface area (Å²) in [5, 5.41) is 10.2. The molecule has 1 spiro atoms. The summed E-state index contributed by atoms with van der Waals surface area (Å²) in [4.78, 5) is 13.8. The van der Waals surface area contributed by atoms with Crippen LogP contribution in [-0.2, 0) is 14.3 Å². The molecule has 4 rings (SSSR count). The van der Waals surface area contributed by atoms with Crippen molar-refractivity contribution >= 4 is 17.5 Å². The maximum atomic E-state index is 12.7. The van der Waals surface area contributed by atoms with Gasteiger partial charge < -0.3 is 14.6 Å². The van der Waals surface area contributed by atoms with E-state index < -0.39 is 17.8 Å². The van der Waals surface area contributed by atoms with Crippen LogP contribution in [0.4, 0.5) is 0 Å². The lowest BCUT2D eigenvalue weighted by molar-refractivity contribution is -0.225. The molecule has 5 heteroatoms. The minimum absolute atomic E-state index is 0.0835. The third-order valence-electron chi connectivity index (χ3n) is 5.01. The highest BCUT2D eigenvalue weighted by atomic mass is 32.2. The first kappa shape index (κ1) is 15.4. The lowest BCUT2D eigenvalue weighted by atomic mass is 9.67. The quantitative estimate of drug-likeness (QED) is 0.843. The molecule has 1 aromatic carbocycles. The van der Waals surface area contributed by atoms with Crippen LogP contribution in [0.2, 0.25) is 0 Å². The van der Waals surface area contributed by atoms with Gasteiger partial charge in [0.1, 0.15) is 5.78 Å². The molecule has 4 atom stereocenters. The number of ketones is 1. The van der Waals surface area contributed by atoms with Crippen molar-refractivity contribution in [1.82, 2.24) is 0 Å². The van der Waals surface area contributed by atoms with E-state index in [2.05, 4.69) is 0 Å². The second kappa shape index (κ2) is 6.06. The van der Waals surface area contributed by atoms with Gasteiger partial charge in [-0.05, 0) is 18.6 Å². The summed E-state index contributed by atoms with van der Waals surface area (Å²) in [7, 11) is 0.